The molecule has 130 valence electrons. The van der Waals surface area contributed by atoms with Crippen LogP contribution in [0.15, 0.2) is 23.3 Å². The van der Waals surface area contributed by atoms with Crippen LogP contribution in [0, 0.1) is 0 Å². The van der Waals surface area contributed by atoms with E-state index in [9.17, 15) is 0 Å². The van der Waals surface area contributed by atoms with Crippen LogP contribution in [-0.4, -0.2) is 48.2 Å². The Kier molecular flexibility index (Phi) is 9.38. The first kappa shape index (κ1) is 20.6. The maximum atomic E-state index is 5.78. The molecule has 1 aliphatic rings. The van der Waals surface area contributed by atoms with Crippen molar-refractivity contribution in [2.24, 2.45) is 4.99 Å². The van der Waals surface area contributed by atoms with Gasteiger partial charge in [0, 0.05) is 30.6 Å². The van der Waals surface area contributed by atoms with Crippen molar-refractivity contribution < 1.29 is 4.74 Å². The number of nitrogens with one attached hydrogen (secondary N) is 2. The third kappa shape index (κ3) is 7.34. The van der Waals surface area contributed by atoms with Gasteiger partial charge < -0.3 is 15.4 Å². The highest BCUT2D eigenvalue weighted by molar-refractivity contribution is 14.0. The molecule has 8 heteroatoms. The van der Waals surface area contributed by atoms with Crippen LogP contribution in [0.1, 0.15) is 19.8 Å². The number of pyridine rings is 1. The van der Waals surface area contributed by atoms with E-state index in [1.54, 1.807) is 25.4 Å². The summed E-state index contributed by atoms with van der Waals surface area (Å²) in [5.74, 6) is 2.64. The molecular weight excluding hydrogens is 447 g/mol. The van der Waals surface area contributed by atoms with Crippen LogP contribution in [0.3, 0.4) is 0 Å². The Bertz CT molecular complexity index is 495. The highest BCUT2D eigenvalue weighted by Gasteiger charge is 2.29. The van der Waals surface area contributed by atoms with E-state index >= 15 is 0 Å². The number of hydrogen-bond acceptors (Lipinski definition) is 4. The maximum Gasteiger partial charge on any atom is 0.213 e. The van der Waals surface area contributed by atoms with Crippen LogP contribution in [0.4, 0.5) is 0 Å². The van der Waals surface area contributed by atoms with Gasteiger partial charge in [0.25, 0.3) is 0 Å². The molecule has 0 saturated carbocycles. The molecule has 1 aliphatic heterocycles. The molecule has 0 radical (unpaired) electrons. The van der Waals surface area contributed by atoms with Crippen molar-refractivity contribution in [2.75, 3.05) is 32.5 Å². The van der Waals surface area contributed by atoms with Crippen LogP contribution in [0.2, 0.25) is 5.02 Å². The second-order valence-electron chi connectivity index (χ2n) is 5.42. The Morgan fingerprint density at radius 3 is 2.91 bits per heavy atom. The van der Waals surface area contributed by atoms with Gasteiger partial charge in [-0.1, -0.05) is 11.6 Å². The predicted octanol–water partition coefficient (Wildman–Crippen LogP) is 3.18. The minimum Gasteiger partial charge on any atom is -0.476 e. The topological polar surface area (TPSA) is 58.5 Å². The van der Waals surface area contributed by atoms with Crippen LogP contribution in [0.5, 0.6) is 5.88 Å². The van der Waals surface area contributed by atoms with Crippen LogP contribution in [-0.2, 0) is 0 Å². The van der Waals surface area contributed by atoms with Crippen LogP contribution in [0.25, 0.3) is 0 Å². The summed E-state index contributed by atoms with van der Waals surface area (Å²) >= 11 is 7.81. The molecule has 23 heavy (non-hydrogen) atoms. The lowest BCUT2D eigenvalue weighted by Gasteiger charge is -2.24. The molecule has 1 fully saturated rings. The standard InChI is InChI=1S/C15H23ClN4OS.HI/c1-15(6-3-9-22-15)11-20-14(17-2)18-7-8-21-13-5-4-12(16)10-19-13;/h4-5,10H,3,6-9,11H2,1-2H3,(H2,17,18,20);1H. The van der Waals surface area contributed by atoms with E-state index in [-0.39, 0.29) is 24.0 Å². The van der Waals surface area contributed by atoms with E-state index < -0.39 is 0 Å². The third-order valence-corrected chi connectivity index (χ3v) is 5.26. The molecular formula is C15H24ClIN4OS. The van der Waals surface area contributed by atoms with Crippen molar-refractivity contribution in [3.63, 3.8) is 0 Å². The number of aliphatic imine (C=N–C) groups is 1. The fraction of sp³-hybridized carbons (Fsp3) is 0.600. The molecule has 5 nitrogen and oxygen atoms in total. The normalized spacial score (nSPS) is 20.7. The number of rotatable bonds is 6. The monoisotopic (exact) mass is 470 g/mol. The SMILES string of the molecule is CN=C(NCCOc1ccc(Cl)cn1)NCC1(C)CCCS1.I. The number of hydrogen-bond donors (Lipinski definition) is 2. The van der Waals surface area contributed by atoms with Crippen molar-refractivity contribution in [1.29, 1.82) is 0 Å². The lowest BCUT2D eigenvalue weighted by molar-refractivity contribution is 0.309. The molecule has 0 aliphatic carbocycles. The minimum atomic E-state index is 0. The summed E-state index contributed by atoms with van der Waals surface area (Å²) in [5, 5.41) is 7.24. The predicted molar refractivity (Wildman–Crippen MR) is 110 cm³/mol. The summed E-state index contributed by atoms with van der Waals surface area (Å²) in [4.78, 5) is 8.32. The highest BCUT2D eigenvalue weighted by Crippen LogP contribution is 2.36. The van der Waals surface area contributed by atoms with Gasteiger partial charge in [-0.2, -0.15) is 11.8 Å². The third-order valence-electron chi connectivity index (χ3n) is 3.50. The molecule has 1 aromatic heterocycles. The summed E-state index contributed by atoms with van der Waals surface area (Å²) < 4.78 is 5.86. The molecule has 2 heterocycles. The molecule has 1 saturated heterocycles. The molecule has 0 amide bonds. The molecule has 0 bridgehead atoms. The van der Waals surface area contributed by atoms with Crippen molar-refractivity contribution in [1.82, 2.24) is 15.6 Å². The van der Waals surface area contributed by atoms with E-state index in [0.717, 1.165) is 12.5 Å². The first-order valence-corrected chi connectivity index (χ1v) is 8.80. The first-order valence-electron chi connectivity index (χ1n) is 7.44. The Morgan fingerprint density at radius 1 is 1.48 bits per heavy atom. The Balaban J connectivity index is 0.00000264. The smallest absolute Gasteiger partial charge is 0.213 e. The van der Waals surface area contributed by atoms with Crippen molar-refractivity contribution >= 4 is 53.3 Å². The molecule has 2 N–H and O–H groups in total. The number of nitrogens with zero attached hydrogens (tertiary/aromatic N) is 2. The molecule has 0 spiro atoms. The van der Waals surface area contributed by atoms with Gasteiger partial charge in [0.1, 0.15) is 6.61 Å². The van der Waals surface area contributed by atoms with Gasteiger partial charge in [-0.25, -0.2) is 4.98 Å². The van der Waals surface area contributed by atoms with E-state index in [2.05, 4.69) is 27.5 Å². The van der Waals surface area contributed by atoms with Crippen LogP contribution < -0.4 is 15.4 Å². The lowest BCUT2D eigenvalue weighted by atomic mass is 10.1. The summed E-state index contributed by atoms with van der Waals surface area (Å²) in [6, 6.07) is 3.52. The lowest BCUT2D eigenvalue weighted by Crippen LogP contribution is -2.44. The zero-order valence-electron chi connectivity index (χ0n) is 13.5. The van der Waals surface area contributed by atoms with E-state index in [0.29, 0.717) is 28.8 Å². The molecule has 2 rings (SSSR count). The number of thioether (sulfide) groups is 1. The molecule has 1 aromatic rings. The fourth-order valence-corrected chi connectivity index (χ4v) is 3.60. The number of guanidine groups is 1. The number of ether oxygens (including phenoxy) is 1. The molecule has 0 aromatic carbocycles. The van der Waals surface area contributed by atoms with E-state index in [1.807, 2.05) is 11.8 Å². The second kappa shape index (κ2) is 10.5. The number of halogens is 2. The van der Waals surface area contributed by atoms with Gasteiger partial charge in [0.2, 0.25) is 5.88 Å². The summed E-state index contributed by atoms with van der Waals surface area (Å²) in [5.41, 5.74) is 0. The average Bonchev–Trinajstić information content (AvgIpc) is 2.95. The van der Waals surface area contributed by atoms with Crippen molar-refractivity contribution in [3.8, 4) is 5.88 Å². The van der Waals surface area contributed by atoms with Crippen molar-refractivity contribution in [3.05, 3.63) is 23.4 Å². The average molecular weight is 471 g/mol. The van der Waals surface area contributed by atoms with Gasteiger partial charge in [0.15, 0.2) is 5.96 Å². The zero-order chi connectivity index (χ0) is 15.8. The summed E-state index contributed by atoms with van der Waals surface area (Å²) in [7, 11) is 1.78. The van der Waals surface area contributed by atoms with E-state index in [1.165, 1.54) is 18.6 Å². The fourth-order valence-electron chi connectivity index (χ4n) is 2.24. The first-order chi connectivity index (χ1) is 10.6. The van der Waals surface area contributed by atoms with E-state index in [4.69, 9.17) is 16.3 Å². The van der Waals surface area contributed by atoms with Gasteiger partial charge in [0.05, 0.1) is 11.6 Å². The van der Waals surface area contributed by atoms with Gasteiger partial charge in [-0.05, 0) is 31.6 Å². The van der Waals surface area contributed by atoms with Gasteiger partial charge in [-0.15, -0.1) is 24.0 Å². The van der Waals surface area contributed by atoms with Crippen molar-refractivity contribution in [2.45, 2.75) is 24.5 Å². The van der Waals surface area contributed by atoms with Gasteiger partial charge >= 0.3 is 0 Å². The Hall–Kier alpha value is -0.410. The molecule has 1 unspecified atom stereocenters. The molecule has 1 atom stereocenters. The second-order valence-corrected chi connectivity index (χ2v) is 7.54. The largest absolute Gasteiger partial charge is 0.476 e. The maximum absolute atomic E-state index is 5.78. The Labute approximate surface area is 164 Å². The minimum absolute atomic E-state index is 0. The number of aromatic nitrogens is 1. The Morgan fingerprint density at radius 2 is 2.30 bits per heavy atom. The zero-order valence-corrected chi connectivity index (χ0v) is 17.4. The van der Waals surface area contributed by atoms with Gasteiger partial charge in [-0.3, -0.25) is 4.99 Å². The summed E-state index contributed by atoms with van der Waals surface area (Å²) in [6.07, 6.45) is 4.13. The summed E-state index contributed by atoms with van der Waals surface area (Å²) in [6.45, 7) is 4.41. The quantitative estimate of drug-likeness (QED) is 0.289. The van der Waals surface area contributed by atoms with Crippen LogP contribution >= 0.6 is 47.3 Å². The highest BCUT2D eigenvalue weighted by atomic mass is 127.